The Morgan fingerprint density at radius 1 is 1.00 bits per heavy atom. The molecule has 0 amide bonds. The van der Waals surface area contributed by atoms with Crippen molar-refractivity contribution in [3.8, 4) is 0 Å². The van der Waals surface area contributed by atoms with Crippen LogP contribution in [0.1, 0.15) is 13.8 Å². The number of carbonyl (C=O) groups excluding carboxylic acids is 2. The number of esters is 2. The van der Waals surface area contributed by atoms with Crippen molar-refractivity contribution in [1.82, 2.24) is 0 Å². The van der Waals surface area contributed by atoms with E-state index in [0.29, 0.717) is 6.10 Å². The SMILES string of the molecule is CO[C](COC(C)=O)COC(C)=O. The fourth-order valence-corrected chi connectivity index (χ4v) is 0.524. The quantitative estimate of drug-likeness (QED) is 0.582. The second-order valence-corrected chi connectivity index (χ2v) is 2.30. The van der Waals surface area contributed by atoms with Gasteiger partial charge in [-0.15, -0.1) is 0 Å². The van der Waals surface area contributed by atoms with E-state index in [4.69, 9.17) is 4.74 Å². The summed E-state index contributed by atoms with van der Waals surface area (Å²) in [4.78, 5) is 20.8. The number of methoxy groups -OCH3 is 1. The first kappa shape index (κ1) is 11.9. The lowest BCUT2D eigenvalue weighted by atomic mass is 10.4. The minimum atomic E-state index is -0.405. The van der Waals surface area contributed by atoms with Gasteiger partial charge in [-0.05, 0) is 0 Å². The maximum Gasteiger partial charge on any atom is 0.302 e. The van der Waals surface area contributed by atoms with Gasteiger partial charge in [0.1, 0.15) is 13.2 Å². The maximum absolute atomic E-state index is 10.4. The van der Waals surface area contributed by atoms with Crippen LogP contribution in [0.2, 0.25) is 0 Å². The molecule has 0 heterocycles. The fraction of sp³-hybridized carbons (Fsp3) is 0.625. The lowest BCUT2D eigenvalue weighted by molar-refractivity contribution is -0.145. The van der Waals surface area contributed by atoms with Crippen LogP contribution in [-0.2, 0) is 23.8 Å². The van der Waals surface area contributed by atoms with E-state index in [1.807, 2.05) is 0 Å². The zero-order chi connectivity index (χ0) is 10.3. The summed E-state index contributed by atoms with van der Waals surface area (Å²) in [6, 6.07) is 0. The van der Waals surface area contributed by atoms with Crippen LogP contribution >= 0.6 is 0 Å². The molecule has 5 heteroatoms. The third kappa shape index (κ3) is 7.27. The number of hydrogen-bond acceptors (Lipinski definition) is 5. The van der Waals surface area contributed by atoms with Gasteiger partial charge in [-0.25, -0.2) is 0 Å². The molecule has 0 N–H and O–H groups in total. The molecule has 0 aliphatic rings. The van der Waals surface area contributed by atoms with Crippen molar-refractivity contribution in [1.29, 1.82) is 0 Å². The van der Waals surface area contributed by atoms with Crippen molar-refractivity contribution < 1.29 is 23.8 Å². The van der Waals surface area contributed by atoms with Gasteiger partial charge in [0, 0.05) is 21.0 Å². The van der Waals surface area contributed by atoms with E-state index in [0.717, 1.165) is 0 Å². The van der Waals surface area contributed by atoms with Crippen LogP contribution in [0.15, 0.2) is 0 Å². The van der Waals surface area contributed by atoms with Gasteiger partial charge in [-0.1, -0.05) is 0 Å². The standard InChI is InChI=1S/C8H13O5/c1-6(9)12-4-8(11-3)5-13-7(2)10/h4-5H2,1-3H3. The Hall–Kier alpha value is -1.10. The smallest absolute Gasteiger partial charge is 0.302 e. The maximum atomic E-state index is 10.4. The molecule has 0 rings (SSSR count). The van der Waals surface area contributed by atoms with Crippen molar-refractivity contribution >= 4 is 11.9 Å². The summed E-state index contributed by atoms with van der Waals surface area (Å²) in [7, 11) is 1.42. The van der Waals surface area contributed by atoms with Gasteiger partial charge >= 0.3 is 11.9 Å². The normalized spacial score (nSPS) is 9.85. The van der Waals surface area contributed by atoms with Crippen molar-refractivity contribution in [2.24, 2.45) is 0 Å². The highest BCUT2D eigenvalue weighted by Gasteiger charge is 2.12. The number of hydrogen-bond donors (Lipinski definition) is 0. The van der Waals surface area contributed by atoms with E-state index in [1.165, 1.54) is 21.0 Å². The Labute approximate surface area is 77.0 Å². The van der Waals surface area contributed by atoms with Gasteiger partial charge < -0.3 is 14.2 Å². The summed E-state index contributed by atoms with van der Waals surface area (Å²) in [5.41, 5.74) is 0. The average molecular weight is 189 g/mol. The van der Waals surface area contributed by atoms with Gasteiger partial charge in [0.25, 0.3) is 0 Å². The molecule has 0 aromatic heterocycles. The first-order chi connectivity index (χ1) is 6.06. The summed E-state index contributed by atoms with van der Waals surface area (Å²) in [6.45, 7) is 2.61. The fourth-order valence-electron chi connectivity index (χ4n) is 0.524. The Kier molecular flexibility index (Phi) is 5.88. The first-order valence-corrected chi connectivity index (χ1v) is 3.71. The predicted octanol–water partition coefficient (Wildman–Crippen LogP) is 0.291. The molecular formula is C8H13O5. The second-order valence-electron chi connectivity index (χ2n) is 2.30. The van der Waals surface area contributed by atoms with Crippen molar-refractivity contribution in [2.45, 2.75) is 13.8 Å². The monoisotopic (exact) mass is 189 g/mol. The highest BCUT2D eigenvalue weighted by atomic mass is 16.6. The van der Waals surface area contributed by atoms with E-state index < -0.39 is 11.9 Å². The summed E-state index contributed by atoms with van der Waals surface area (Å²) in [5.74, 6) is -0.810. The van der Waals surface area contributed by atoms with Crippen LogP contribution in [0, 0.1) is 6.10 Å². The lowest BCUT2D eigenvalue weighted by Crippen LogP contribution is -2.18. The highest BCUT2D eigenvalue weighted by Crippen LogP contribution is 2.02. The lowest BCUT2D eigenvalue weighted by Gasteiger charge is -2.12. The number of rotatable bonds is 5. The molecule has 75 valence electrons. The van der Waals surface area contributed by atoms with Crippen LogP contribution in [0.5, 0.6) is 0 Å². The van der Waals surface area contributed by atoms with Crippen molar-refractivity contribution in [3.63, 3.8) is 0 Å². The molecule has 0 saturated carbocycles. The molecule has 0 fully saturated rings. The molecule has 0 aromatic rings. The Balaban J connectivity index is 3.63. The van der Waals surface area contributed by atoms with Crippen LogP contribution in [-0.4, -0.2) is 32.3 Å². The predicted molar refractivity (Wildman–Crippen MR) is 43.5 cm³/mol. The zero-order valence-corrected chi connectivity index (χ0v) is 7.96. The molecule has 0 aliphatic carbocycles. The van der Waals surface area contributed by atoms with Gasteiger partial charge in [0.15, 0.2) is 6.10 Å². The van der Waals surface area contributed by atoms with E-state index in [2.05, 4.69) is 9.47 Å². The van der Waals surface area contributed by atoms with Crippen LogP contribution in [0.4, 0.5) is 0 Å². The molecule has 0 aromatic carbocycles. The van der Waals surface area contributed by atoms with Gasteiger partial charge in [-0.3, -0.25) is 9.59 Å². The van der Waals surface area contributed by atoms with Crippen LogP contribution in [0.25, 0.3) is 0 Å². The summed E-state index contributed by atoms with van der Waals surface area (Å²) < 4.78 is 14.1. The third-order valence-electron chi connectivity index (χ3n) is 1.16. The zero-order valence-electron chi connectivity index (χ0n) is 7.96. The van der Waals surface area contributed by atoms with E-state index in [1.54, 1.807) is 0 Å². The van der Waals surface area contributed by atoms with E-state index in [-0.39, 0.29) is 13.2 Å². The topological polar surface area (TPSA) is 61.8 Å². The average Bonchev–Trinajstić information content (AvgIpc) is 2.04. The molecular weight excluding hydrogens is 176 g/mol. The number of carbonyl (C=O) groups is 2. The largest absolute Gasteiger partial charge is 0.463 e. The van der Waals surface area contributed by atoms with E-state index >= 15 is 0 Å². The van der Waals surface area contributed by atoms with Crippen LogP contribution in [0.3, 0.4) is 0 Å². The second kappa shape index (κ2) is 6.42. The molecule has 1 radical (unpaired) electrons. The van der Waals surface area contributed by atoms with Gasteiger partial charge in [-0.2, -0.15) is 0 Å². The van der Waals surface area contributed by atoms with E-state index in [9.17, 15) is 9.59 Å². The number of ether oxygens (including phenoxy) is 3. The minimum Gasteiger partial charge on any atom is -0.463 e. The molecule has 0 unspecified atom stereocenters. The Morgan fingerprint density at radius 2 is 1.38 bits per heavy atom. The molecule has 0 aliphatic heterocycles. The summed E-state index contributed by atoms with van der Waals surface area (Å²) in [5, 5.41) is 0. The van der Waals surface area contributed by atoms with Crippen molar-refractivity contribution in [3.05, 3.63) is 6.10 Å². The summed E-state index contributed by atoms with van der Waals surface area (Å²) >= 11 is 0. The van der Waals surface area contributed by atoms with Crippen molar-refractivity contribution in [2.75, 3.05) is 20.3 Å². The Bertz CT molecular complexity index is 159. The molecule has 0 bridgehead atoms. The third-order valence-corrected chi connectivity index (χ3v) is 1.16. The minimum absolute atomic E-state index is 0.0130. The molecule has 5 nitrogen and oxygen atoms in total. The molecule has 0 atom stereocenters. The van der Waals surface area contributed by atoms with Gasteiger partial charge in [0.2, 0.25) is 0 Å². The molecule has 0 saturated heterocycles. The van der Waals surface area contributed by atoms with Gasteiger partial charge in [0.05, 0.1) is 0 Å². The van der Waals surface area contributed by atoms with Crippen LogP contribution < -0.4 is 0 Å². The first-order valence-electron chi connectivity index (χ1n) is 3.71. The highest BCUT2D eigenvalue weighted by molar-refractivity contribution is 5.66. The molecule has 0 spiro atoms. The molecule has 13 heavy (non-hydrogen) atoms. The summed E-state index contributed by atoms with van der Waals surface area (Å²) in [6.07, 6.45) is 0.394. The Morgan fingerprint density at radius 3 is 1.62 bits per heavy atom.